The molecule has 0 atom stereocenters. The third-order valence-corrected chi connectivity index (χ3v) is 2.57. The summed E-state index contributed by atoms with van der Waals surface area (Å²) in [4.78, 5) is 4.51. The molecule has 16 heavy (non-hydrogen) atoms. The molecule has 0 radical (unpaired) electrons. The first kappa shape index (κ1) is 10.7. The summed E-state index contributed by atoms with van der Waals surface area (Å²) in [6.45, 7) is 4.16. The summed E-state index contributed by atoms with van der Waals surface area (Å²) in [5.41, 5.74) is 4.62. The zero-order valence-corrected chi connectivity index (χ0v) is 9.94. The zero-order chi connectivity index (χ0) is 11.5. The zero-order valence-electron chi connectivity index (χ0n) is 9.94. The minimum absolute atomic E-state index is 1.05. The van der Waals surface area contributed by atoms with Gasteiger partial charge in [-0.25, -0.2) is 0 Å². The number of aliphatic imine (C=N–C) groups is 1. The van der Waals surface area contributed by atoms with Crippen LogP contribution in [0.5, 0.6) is 0 Å². The van der Waals surface area contributed by atoms with E-state index in [2.05, 4.69) is 49.3 Å². The molecule has 2 rings (SSSR count). The molecule has 0 aliphatic carbocycles. The Balaban J connectivity index is 2.26. The molecule has 1 aromatic heterocycles. The van der Waals surface area contributed by atoms with E-state index in [1.165, 1.54) is 11.1 Å². The molecule has 0 unspecified atom stereocenters. The molecule has 0 saturated heterocycles. The van der Waals surface area contributed by atoms with Crippen molar-refractivity contribution in [2.45, 2.75) is 13.8 Å². The van der Waals surface area contributed by atoms with Crippen LogP contribution in [-0.4, -0.2) is 10.8 Å². The Bertz CT molecular complexity index is 521. The van der Waals surface area contributed by atoms with Crippen LogP contribution < -0.4 is 0 Å². The van der Waals surface area contributed by atoms with Crippen molar-refractivity contribution in [3.8, 4) is 0 Å². The Morgan fingerprint density at radius 1 is 1.19 bits per heavy atom. The van der Waals surface area contributed by atoms with Gasteiger partial charge in [-0.1, -0.05) is 12.1 Å². The van der Waals surface area contributed by atoms with Crippen molar-refractivity contribution in [3.05, 3.63) is 53.3 Å². The fourth-order valence-corrected chi connectivity index (χ4v) is 1.60. The largest absolute Gasteiger partial charge is 0.357 e. The molecule has 2 aromatic rings. The number of rotatable bonds is 2. The second-order valence-corrected chi connectivity index (χ2v) is 4.16. The van der Waals surface area contributed by atoms with Crippen LogP contribution in [0.4, 0.5) is 5.69 Å². The topological polar surface area (TPSA) is 17.3 Å². The number of hydrogen-bond donors (Lipinski definition) is 0. The van der Waals surface area contributed by atoms with E-state index in [0.29, 0.717) is 0 Å². The van der Waals surface area contributed by atoms with Crippen LogP contribution in [0.1, 0.15) is 16.7 Å². The van der Waals surface area contributed by atoms with Gasteiger partial charge in [0.05, 0.1) is 5.69 Å². The third-order valence-electron chi connectivity index (χ3n) is 2.57. The lowest BCUT2D eigenvalue weighted by Gasteiger charge is -2.00. The molecular weight excluding hydrogens is 196 g/mol. The summed E-state index contributed by atoms with van der Waals surface area (Å²) in [5.74, 6) is 0. The molecule has 0 fully saturated rings. The van der Waals surface area contributed by atoms with Gasteiger partial charge in [0, 0.05) is 31.2 Å². The predicted octanol–water partition coefficient (Wildman–Crippen LogP) is 3.39. The van der Waals surface area contributed by atoms with E-state index in [-0.39, 0.29) is 0 Å². The van der Waals surface area contributed by atoms with E-state index in [1.807, 2.05) is 24.0 Å². The van der Waals surface area contributed by atoms with E-state index in [9.17, 15) is 0 Å². The van der Waals surface area contributed by atoms with Crippen molar-refractivity contribution in [2.75, 3.05) is 0 Å². The molecule has 2 nitrogen and oxygen atoms in total. The fourth-order valence-electron chi connectivity index (χ4n) is 1.60. The first-order chi connectivity index (χ1) is 7.65. The standard InChI is InChI=1S/C14H16N2/c1-11-4-5-12(2)14(8-11)15-9-13-6-7-16(3)10-13/h4-10H,1-3H3. The number of hydrogen-bond acceptors (Lipinski definition) is 1. The molecule has 0 bridgehead atoms. The predicted molar refractivity (Wildman–Crippen MR) is 68.6 cm³/mol. The van der Waals surface area contributed by atoms with Gasteiger partial charge in [0.25, 0.3) is 0 Å². The van der Waals surface area contributed by atoms with Crippen LogP contribution in [0, 0.1) is 13.8 Å². The van der Waals surface area contributed by atoms with Gasteiger partial charge in [-0.3, -0.25) is 4.99 Å². The van der Waals surface area contributed by atoms with E-state index < -0.39 is 0 Å². The minimum atomic E-state index is 1.05. The Labute approximate surface area is 96.3 Å². The van der Waals surface area contributed by atoms with Crippen LogP contribution in [0.15, 0.2) is 41.7 Å². The van der Waals surface area contributed by atoms with Gasteiger partial charge in [-0.05, 0) is 37.1 Å². The van der Waals surface area contributed by atoms with Crippen molar-refractivity contribution >= 4 is 11.9 Å². The Morgan fingerprint density at radius 2 is 2.00 bits per heavy atom. The molecule has 82 valence electrons. The van der Waals surface area contributed by atoms with Crippen molar-refractivity contribution in [1.82, 2.24) is 4.57 Å². The molecule has 0 saturated carbocycles. The summed E-state index contributed by atoms with van der Waals surface area (Å²) in [6, 6.07) is 8.37. The summed E-state index contributed by atoms with van der Waals surface area (Å²) in [5, 5.41) is 0. The Kier molecular flexibility index (Phi) is 2.91. The lowest BCUT2D eigenvalue weighted by Crippen LogP contribution is -1.81. The normalized spacial score (nSPS) is 11.2. The molecular formula is C14H16N2. The maximum atomic E-state index is 4.51. The van der Waals surface area contributed by atoms with Gasteiger partial charge in [0.1, 0.15) is 0 Å². The van der Waals surface area contributed by atoms with E-state index in [1.54, 1.807) is 0 Å². The molecule has 2 heteroatoms. The lowest BCUT2D eigenvalue weighted by molar-refractivity contribution is 0.927. The second kappa shape index (κ2) is 4.35. The van der Waals surface area contributed by atoms with Crippen LogP contribution in [0.2, 0.25) is 0 Å². The van der Waals surface area contributed by atoms with Crippen LogP contribution in [-0.2, 0) is 7.05 Å². The van der Waals surface area contributed by atoms with Gasteiger partial charge in [0.15, 0.2) is 0 Å². The monoisotopic (exact) mass is 212 g/mol. The average molecular weight is 212 g/mol. The van der Waals surface area contributed by atoms with Crippen LogP contribution >= 0.6 is 0 Å². The SMILES string of the molecule is Cc1ccc(C)c(N=Cc2ccn(C)c2)c1. The molecule has 1 aromatic carbocycles. The van der Waals surface area contributed by atoms with E-state index >= 15 is 0 Å². The van der Waals surface area contributed by atoms with E-state index in [0.717, 1.165) is 11.3 Å². The second-order valence-electron chi connectivity index (χ2n) is 4.16. The number of aromatic nitrogens is 1. The molecule has 1 heterocycles. The van der Waals surface area contributed by atoms with Crippen molar-refractivity contribution < 1.29 is 0 Å². The fraction of sp³-hybridized carbons (Fsp3) is 0.214. The van der Waals surface area contributed by atoms with Crippen molar-refractivity contribution in [1.29, 1.82) is 0 Å². The van der Waals surface area contributed by atoms with Gasteiger partial charge in [-0.2, -0.15) is 0 Å². The summed E-state index contributed by atoms with van der Waals surface area (Å²) in [6.07, 6.45) is 5.97. The molecule has 0 spiro atoms. The van der Waals surface area contributed by atoms with Crippen molar-refractivity contribution in [3.63, 3.8) is 0 Å². The highest BCUT2D eigenvalue weighted by molar-refractivity contribution is 5.82. The summed E-state index contributed by atoms with van der Waals surface area (Å²) in [7, 11) is 2.01. The minimum Gasteiger partial charge on any atom is -0.357 e. The van der Waals surface area contributed by atoms with Gasteiger partial charge in [-0.15, -0.1) is 0 Å². The Hall–Kier alpha value is -1.83. The number of aryl methyl sites for hydroxylation is 3. The van der Waals surface area contributed by atoms with Crippen LogP contribution in [0.25, 0.3) is 0 Å². The molecule has 0 N–H and O–H groups in total. The number of benzene rings is 1. The van der Waals surface area contributed by atoms with Gasteiger partial charge < -0.3 is 4.57 Å². The molecule has 0 aliphatic rings. The van der Waals surface area contributed by atoms with Gasteiger partial charge in [0.2, 0.25) is 0 Å². The highest BCUT2D eigenvalue weighted by atomic mass is 14.9. The number of nitrogens with zero attached hydrogens (tertiary/aromatic N) is 2. The summed E-state index contributed by atoms with van der Waals surface area (Å²) >= 11 is 0. The quantitative estimate of drug-likeness (QED) is 0.679. The summed E-state index contributed by atoms with van der Waals surface area (Å²) < 4.78 is 2.02. The average Bonchev–Trinajstić information content (AvgIpc) is 2.66. The lowest BCUT2D eigenvalue weighted by atomic mass is 10.1. The highest BCUT2D eigenvalue weighted by Crippen LogP contribution is 2.19. The maximum absolute atomic E-state index is 4.51. The van der Waals surface area contributed by atoms with Crippen molar-refractivity contribution in [2.24, 2.45) is 12.0 Å². The molecule has 0 amide bonds. The Morgan fingerprint density at radius 3 is 2.69 bits per heavy atom. The van der Waals surface area contributed by atoms with E-state index in [4.69, 9.17) is 0 Å². The van der Waals surface area contributed by atoms with Crippen LogP contribution in [0.3, 0.4) is 0 Å². The third kappa shape index (κ3) is 2.40. The van der Waals surface area contributed by atoms with Gasteiger partial charge >= 0.3 is 0 Å². The highest BCUT2D eigenvalue weighted by Gasteiger charge is 1.96. The molecule has 0 aliphatic heterocycles. The first-order valence-corrected chi connectivity index (χ1v) is 5.38. The smallest absolute Gasteiger partial charge is 0.0661 e. The maximum Gasteiger partial charge on any atom is 0.0661 e. The first-order valence-electron chi connectivity index (χ1n) is 5.38.